The van der Waals surface area contributed by atoms with Crippen LogP contribution in [0.3, 0.4) is 0 Å². The van der Waals surface area contributed by atoms with Gasteiger partial charge in [-0.05, 0) is 34.1 Å². The first-order valence-corrected chi connectivity index (χ1v) is 14.2. The molecule has 4 nitrogen and oxygen atoms in total. The predicted octanol–water partition coefficient (Wildman–Crippen LogP) is 3.49. The lowest BCUT2D eigenvalue weighted by Gasteiger charge is -2.34. The number of hydrogen-bond donors (Lipinski definition) is 0. The molecule has 0 spiro atoms. The second kappa shape index (κ2) is 10.6. The molecule has 5 heteroatoms. The van der Waals surface area contributed by atoms with Gasteiger partial charge in [0.1, 0.15) is 0 Å². The smallest absolute Gasteiger partial charge is 0.358 e. The van der Waals surface area contributed by atoms with Crippen LogP contribution in [-0.4, -0.2) is 30.4 Å². The molecule has 4 aromatic carbocycles. The Hall–Kier alpha value is -4.22. The Labute approximate surface area is 212 Å². The van der Waals surface area contributed by atoms with E-state index >= 15 is 0 Å². The number of ether oxygens (including phenoxy) is 1. The maximum atomic E-state index is 12.9. The van der Waals surface area contributed by atoms with Crippen molar-refractivity contribution in [3.8, 4) is 0 Å². The Morgan fingerprint density at radius 1 is 0.722 bits per heavy atom. The molecule has 0 atom stereocenters. The lowest BCUT2D eigenvalue weighted by Crippen LogP contribution is -2.76. The Kier molecular flexibility index (Phi) is 6.91. The minimum Gasteiger partial charge on any atom is -0.461 e. The molecule has 1 aromatic heterocycles. The van der Waals surface area contributed by atoms with Crippen molar-refractivity contribution in [2.75, 3.05) is 6.61 Å². The predicted molar refractivity (Wildman–Crippen MR) is 147 cm³/mol. The fourth-order valence-corrected chi connectivity index (χ4v) is 9.74. The number of hydrogen-bond acceptors (Lipinski definition) is 3. The van der Waals surface area contributed by atoms with Crippen molar-refractivity contribution in [1.82, 2.24) is 9.78 Å². The van der Waals surface area contributed by atoms with Crippen LogP contribution in [0.15, 0.2) is 127 Å². The van der Waals surface area contributed by atoms with Crippen LogP contribution >= 0.6 is 0 Å². The van der Waals surface area contributed by atoms with Gasteiger partial charge in [-0.15, -0.1) is 0 Å². The fraction of sp³-hybridized carbons (Fsp3) is 0.0968. The van der Waals surface area contributed by atoms with E-state index in [9.17, 15) is 4.79 Å². The summed E-state index contributed by atoms with van der Waals surface area (Å²) >= 11 is 0. The molecule has 0 fully saturated rings. The third-order valence-electron chi connectivity index (χ3n) is 6.44. The van der Waals surface area contributed by atoms with Gasteiger partial charge in [0.05, 0.1) is 13.2 Å². The Bertz CT molecular complexity index is 1320. The van der Waals surface area contributed by atoms with E-state index in [1.54, 1.807) is 0 Å². The number of aromatic nitrogens is 2. The first-order valence-electron chi connectivity index (χ1n) is 12.2. The number of benzene rings is 4. The van der Waals surface area contributed by atoms with Gasteiger partial charge >= 0.3 is 5.97 Å². The summed E-state index contributed by atoms with van der Waals surface area (Å²) in [6, 6.07) is 44.1. The van der Waals surface area contributed by atoms with E-state index in [1.807, 2.05) is 54.1 Å². The zero-order chi connectivity index (χ0) is 24.8. The van der Waals surface area contributed by atoms with Gasteiger partial charge in [-0.25, -0.2) is 4.79 Å². The van der Waals surface area contributed by atoms with Crippen LogP contribution in [0.25, 0.3) is 0 Å². The zero-order valence-corrected chi connectivity index (χ0v) is 21.2. The summed E-state index contributed by atoms with van der Waals surface area (Å²) in [6.45, 7) is 2.67. The fourth-order valence-electron chi connectivity index (χ4n) is 4.91. The molecule has 0 aliphatic carbocycles. The molecular formula is C31H28N2O2Si. The van der Waals surface area contributed by atoms with E-state index in [0.29, 0.717) is 18.8 Å². The summed E-state index contributed by atoms with van der Waals surface area (Å²) in [5, 5.41) is 9.57. The second-order valence-corrected chi connectivity index (χ2v) is 12.4. The zero-order valence-electron chi connectivity index (χ0n) is 20.2. The van der Waals surface area contributed by atoms with E-state index in [0.717, 1.165) is 10.9 Å². The normalized spacial score (nSPS) is 11.2. The first-order chi connectivity index (χ1) is 17.7. The minimum absolute atomic E-state index is 0.304. The largest absolute Gasteiger partial charge is 0.461 e. The van der Waals surface area contributed by atoms with Crippen molar-refractivity contribution in [2.45, 2.75) is 13.5 Å². The molecule has 0 saturated heterocycles. The summed E-state index contributed by atoms with van der Waals surface area (Å²) in [6.07, 6.45) is 0. The van der Waals surface area contributed by atoms with E-state index in [1.165, 1.54) is 15.6 Å². The average Bonchev–Trinajstić information content (AvgIpc) is 3.36. The number of carbonyl (C=O) groups excluding carboxylic acids is 1. The van der Waals surface area contributed by atoms with Crippen LogP contribution in [0, 0.1) is 0 Å². The number of nitrogens with zero attached hydrogens (tertiary/aromatic N) is 2. The molecule has 0 aliphatic heterocycles. The molecule has 5 aromatic rings. The van der Waals surface area contributed by atoms with Gasteiger partial charge in [-0.1, -0.05) is 121 Å². The van der Waals surface area contributed by atoms with E-state index < -0.39 is 14.0 Å². The molecule has 36 heavy (non-hydrogen) atoms. The van der Waals surface area contributed by atoms with Gasteiger partial charge in [-0.3, -0.25) is 4.68 Å². The van der Waals surface area contributed by atoms with Crippen LogP contribution in [-0.2, 0) is 11.3 Å². The SMILES string of the molecule is CCOC(=O)c1cc([Si](c2ccccc2)(c2ccccc2)c2ccccc2)n(Cc2ccccc2)n1. The molecule has 0 saturated carbocycles. The van der Waals surface area contributed by atoms with Gasteiger partial charge in [0, 0.05) is 5.32 Å². The van der Waals surface area contributed by atoms with Gasteiger partial charge in [0.25, 0.3) is 0 Å². The first kappa shape index (κ1) is 23.5. The highest BCUT2D eigenvalue weighted by atomic mass is 28.3. The third-order valence-corrected chi connectivity index (χ3v) is 11.2. The number of esters is 1. The molecule has 0 unspecified atom stereocenters. The maximum Gasteiger partial charge on any atom is 0.358 e. The molecule has 0 radical (unpaired) electrons. The lowest BCUT2D eigenvalue weighted by atomic mass is 10.2. The molecular weight excluding hydrogens is 460 g/mol. The topological polar surface area (TPSA) is 44.1 Å². The van der Waals surface area contributed by atoms with Crippen molar-refractivity contribution >= 4 is 34.9 Å². The van der Waals surface area contributed by atoms with Crippen LogP contribution in [0.2, 0.25) is 0 Å². The second-order valence-electron chi connectivity index (χ2n) is 8.63. The highest BCUT2D eigenvalue weighted by molar-refractivity contribution is 7.19. The van der Waals surface area contributed by atoms with E-state index in [-0.39, 0.29) is 0 Å². The molecule has 1 heterocycles. The van der Waals surface area contributed by atoms with Gasteiger partial charge < -0.3 is 4.74 Å². The van der Waals surface area contributed by atoms with Crippen LogP contribution in [0.1, 0.15) is 23.0 Å². The van der Waals surface area contributed by atoms with Gasteiger partial charge in [0.15, 0.2) is 5.69 Å². The average molecular weight is 489 g/mol. The lowest BCUT2D eigenvalue weighted by molar-refractivity contribution is 0.0518. The van der Waals surface area contributed by atoms with E-state index in [4.69, 9.17) is 9.84 Å². The highest BCUT2D eigenvalue weighted by Gasteiger charge is 2.45. The van der Waals surface area contributed by atoms with Crippen molar-refractivity contribution < 1.29 is 9.53 Å². The summed E-state index contributed by atoms with van der Waals surface area (Å²) < 4.78 is 7.39. The highest BCUT2D eigenvalue weighted by Crippen LogP contribution is 2.13. The van der Waals surface area contributed by atoms with Gasteiger partial charge in [0.2, 0.25) is 8.07 Å². The maximum absolute atomic E-state index is 12.9. The Balaban J connectivity index is 1.85. The van der Waals surface area contributed by atoms with Crippen LogP contribution in [0.5, 0.6) is 0 Å². The molecule has 0 amide bonds. The van der Waals surface area contributed by atoms with Crippen molar-refractivity contribution in [1.29, 1.82) is 0 Å². The Morgan fingerprint density at radius 2 is 1.17 bits per heavy atom. The molecule has 0 aliphatic rings. The van der Waals surface area contributed by atoms with Gasteiger partial charge in [-0.2, -0.15) is 5.10 Å². The summed E-state index contributed by atoms with van der Waals surface area (Å²) in [7, 11) is -2.85. The standard InChI is InChI=1S/C31H28N2O2Si/c1-2-35-31(34)29-23-30(33(32-29)24-25-15-7-3-8-16-25)36(26-17-9-4-10-18-26,27-19-11-5-12-20-27)28-21-13-6-14-22-28/h3-23H,2,24H2,1H3. The monoisotopic (exact) mass is 488 g/mol. The number of rotatable bonds is 8. The molecule has 0 bridgehead atoms. The summed E-state index contributed by atoms with van der Waals surface area (Å²) in [5.74, 6) is -0.400. The summed E-state index contributed by atoms with van der Waals surface area (Å²) in [5.41, 5.74) is 1.46. The minimum atomic E-state index is -2.85. The van der Waals surface area contributed by atoms with Crippen LogP contribution in [0.4, 0.5) is 0 Å². The number of carbonyl (C=O) groups is 1. The molecule has 0 N–H and O–H groups in total. The quantitative estimate of drug-likeness (QED) is 0.191. The van der Waals surface area contributed by atoms with Crippen molar-refractivity contribution in [3.63, 3.8) is 0 Å². The molecule has 5 rings (SSSR count). The summed E-state index contributed by atoms with van der Waals surface area (Å²) in [4.78, 5) is 12.9. The third kappa shape index (κ3) is 4.41. The van der Waals surface area contributed by atoms with Crippen LogP contribution < -0.4 is 20.9 Å². The Morgan fingerprint density at radius 3 is 1.61 bits per heavy atom. The molecule has 178 valence electrons. The van der Waals surface area contributed by atoms with Crippen molar-refractivity contribution in [3.05, 3.63) is 139 Å². The van der Waals surface area contributed by atoms with E-state index in [2.05, 4.69) is 84.9 Å². The van der Waals surface area contributed by atoms with Crippen molar-refractivity contribution in [2.24, 2.45) is 0 Å².